The summed E-state index contributed by atoms with van der Waals surface area (Å²) in [5.41, 5.74) is 1.35. The second-order valence-electron chi connectivity index (χ2n) is 2.24. The Labute approximate surface area is 92.2 Å². The van der Waals surface area contributed by atoms with Crippen molar-refractivity contribution in [1.29, 1.82) is 0 Å². The van der Waals surface area contributed by atoms with Crippen LogP contribution in [0.3, 0.4) is 0 Å². The predicted octanol–water partition coefficient (Wildman–Crippen LogP) is 2.66. The van der Waals surface area contributed by atoms with Crippen molar-refractivity contribution in [2.24, 2.45) is 0 Å². The SMILES string of the molecule is CC.CC.COCn1cc(C=O)c(C)n1. The molecule has 0 unspecified atom stereocenters. The Morgan fingerprint density at radius 1 is 1.40 bits per heavy atom. The predicted molar refractivity (Wildman–Crippen MR) is 62.1 cm³/mol. The molecule has 0 saturated heterocycles. The van der Waals surface area contributed by atoms with Gasteiger partial charge in [-0.1, -0.05) is 27.7 Å². The Morgan fingerprint density at radius 2 is 1.93 bits per heavy atom. The van der Waals surface area contributed by atoms with Crippen LogP contribution in [0.1, 0.15) is 43.7 Å². The van der Waals surface area contributed by atoms with E-state index in [1.165, 1.54) is 0 Å². The molecule has 0 amide bonds. The summed E-state index contributed by atoms with van der Waals surface area (Å²) in [7, 11) is 1.58. The third kappa shape index (κ3) is 6.01. The normalized spacial score (nSPS) is 8.13. The summed E-state index contributed by atoms with van der Waals surface area (Å²) in [5.74, 6) is 0. The number of hydrogen-bond acceptors (Lipinski definition) is 3. The fraction of sp³-hybridized carbons (Fsp3) is 0.636. The monoisotopic (exact) mass is 214 g/mol. The van der Waals surface area contributed by atoms with E-state index in [9.17, 15) is 4.79 Å². The molecule has 0 saturated carbocycles. The number of ether oxygens (including phenoxy) is 1. The Kier molecular flexibility index (Phi) is 11.8. The average molecular weight is 214 g/mol. The lowest BCUT2D eigenvalue weighted by Crippen LogP contribution is -1.99. The molecule has 0 fully saturated rings. The number of carbonyl (C=O) groups is 1. The molecule has 0 bridgehead atoms. The molecule has 1 aromatic heterocycles. The van der Waals surface area contributed by atoms with Crippen LogP contribution in [0.15, 0.2) is 6.20 Å². The lowest BCUT2D eigenvalue weighted by atomic mass is 10.3. The van der Waals surface area contributed by atoms with Gasteiger partial charge in [-0.2, -0.15) is 5.10 Å². The highest BCUT2D eigenvalue weighted by Crippen LogP contribution is 2.01. The molecule has 0 aliphatic rings. The maximum atomic E-state index is 10.4. The van der Waals surface area contributed by atoms with Crippen molar-refractivity contribution in [2.45, 2.75) is 41.3 Å². The third-order valence-electron chi connectivity index (χ3n) is 1.37. The highest BCUT2D eigenvalue weighted by molar-refractivity contribution is 5.75. The van der Waals surface area contributed by atoms with Crippen LogP contribution in [0.25, 0.3) is 0 Å². The molecule has 1 heterocycles. The van der Waals surface area contributed by atoms with Gasteiger partial charge in [0, 0.05) is 13.3 Å². The minimum atomic E-state index is 0.384. The number of methoxy groups -OCH3 is 1. The fourth-order valence-corrected chi connectivity index (χ4v) is 0.847. The Bertz CT molecular complexity index is 257. The van der Waals surface area contributed by atoms with E-state index < -0.39 is 0 Å². The van der Waals surface area contributed by atoms with Crippen LogP contribution < -0.4 is 0 Å². The lowest BCUT2D eigenvalue weighted by molar-refractivity contribution is 0.112. The summed E-state index contributed by atoms with van der Waals surface area (Å²) in [5, 5.41) is 4.03. The van der Waals surface area contributed by atoms with Crippen molar-refractivity contribution in [3.63, 3.8) is 0 Å². The zero-order chi connectivity index (χ0) is 12.3. The molecule has 4 heteroatoms. The number of aromatic nitrogens is 2. The molecule has 0 aromatic carbocycles. The Morgan fingerprint density at radius 3 is 2.27 bits per heavy atom. The van der Waals surface area contributed by atoms with Crippen molar-refractivity contribution in [1.82, 2.24) is 9.78 Å². The quantitative estimate of drug-likeness (QED) is 0.726. The van der Waals surface area contributed by atoms with Crippen molar-refractivity contribution >= 4 is 6.29 Å². The van der Waals surface area contributed by atoms with Gasteiger partial charge in [-0.25, -0.2) is 4.68 Å². The fourth-order valence-electron chi connectivity index (χ4n) is 0.847. The maximum Gasteiger partial charge on any atom is 0.153 e. The molecule has 88 valence electrons. The molecule has 15 heavy (non-hydrogen) atoms. The zero-order valence-electron chi connectivity index (χ0n) is 10.6. The van der Waals surface area contributed by atoms with Crippen LogP contribution in [0.2, 0.25) is 0 Å². The number of hydrogen-bond donors (Lipinski definition) is 0. The van der Waals surface area contributed by atoms with Crippen LogP contribution >= 0.6 is 0 Å². The Hall–Kier alpha value is -1.16. The lowest BCUT2D eigenvalue weighted by Gasteiger charge is -1.95. The second kappa shape index (κ2) is 10.9. The van der Waals surface area contributed by atoms with Gasteiger partial charge in [-0.3, -0.25) is 4.79 Å². The van der Waals surface area contributed by atoms with E-state index >= 15 is 0 Å². The molecular weight excluding hydrogens is 192 g/mol. The van der Waals surface area contributed by atoms with Gasteiger partial charge >= 0.3 is 0 Å². The first-order valence-electron chi connectivity index (χ1n) is 5.26. The molecule has 4 nitrogen and oxygen atoms in total. The van der Waals surface area contributed by atoms with Gasteiger partial charge in [-0.15, -0.1) is 0 Å². The summed E-state index contributed by atoms with van der Waals surface area (Å²) in [4.78, 5) is 10.4. The smallest absolute Gasteiger partial charge is 0.153 e. The van der Waals surface area contributed by atoms with Gasteiger partial charge in [0.15, 0.2) is 6.29 Å². The van der Waals surface area contributed by atoms with Gasteiger partial charge in [0.25, 0.3) is 0 Å². The van der Waals surface area contributed by atoms with Crippen LogP contribution in [0, 0.1) is 6.92 Å². The largest absolute Gasteiger partial charge is 0.362 e. The average Bonchev–Trinajstić information content (AvgIpc) is 2.65. The standard InChI is InChI=1S/C7H10N2O2.2C2H6/c1-6-7(4-10)3-9(8-6)5-11-2;2*1-2/h3-4H,5H2,1-2H3;2*1-2H3. The number of carbonyl (C=O) groups excluding carboxylic acids is 1. The first-order chi connectivity index (χ1) is 7.27. The first-order valence-corrected chi connectivity index (χ1v) is 5.26. The van der Waals surface area contributed by atoms with Crippen molar-refractivity contribution in [2.75, 3.05) is 7.11 Å². The number of aldehydes is 1. The van der Waals surface area contributed by atoms with Crippen molar-refractivity contribution < 1.29 is 9.53 Å². The van der Waals surface area contributed by atoms with Crippen LogP contribution in [-0.2, 0) is 11.5 Å². The van der Waals surface area contributed by atoms with E-state index in [2.05, 4.69) is 5.10 Å². The molecule has 0 aliphatic heterocycles. The topological polar surface area (TPSA) is 44.1 Å². The summed E-state index contributed by atoms with van der Waals surface area (Å²) in [6.45, 7) is 10.2. The van der Waals surface area contributed by atoms with Gasteiger partial charge in [-0.05, 0) is 6.92 Å². The molecule has 0 N–H and O–H groups in total. The van der Waals surface area contributed by atoms with Crippen molar-refractivity contribution in [3.05, 3.63) is 17.5 Å². The summed E-state index contributed by atoms with van der Waals surface area (Å²) in [6, 6.07) is 0. The zero-order valence-corrected chi connectivity index (χ0v) is 10.6. The number of nitrogens with zero attached hydrogens (tertiary/aromatic N) is 2. The van der Waals surface area contributed by atoms with E-state index in [0.717, 1.165) is 12.0 Å². The third-order valence-corrected chi connectivity index (χ3v) is 1.37. The summed E-state index contributed by atoms with van der Waals surface area (Å²) < 4.78 is 6.41. The molecule has 0 aliphatic carbocycles. The molecular formula is C11H22N2O2. The van der Waals surface area contributed by atoms with Crippen LogP contribution in [-0.4, -0.2) is 23.2 Å². The second-order valence-corrected chi connectivity index (χ2v) is 2.24. The highest BCUT2D eigenvalue weighted by Gasteiger charge is 2.01. The van der Waals surface area contributed by atoms with Crippen LogP contribution in [0.5, 0.6) is 0 Å². The van der Waals surface area contributed by atoms with E-state index in [4.69, 9.17) is 4.74 Å². The molecule has 1 rings (SSSR count). The molecule has 0 atom stereocenters. The minimum absolute atomic E-state index is 0.384. The molecule has 0 spiro atoms. The number of rotatable bonds is 3. The van der Waals surface area contributed by atoms with Crippen LogP contribution in [0.4, 0.5) is 0 Å². The highest BCUT2D eigenvalue weighted by atomic mass is 16.5. The van der Waals surface area contributed by atoms with Gasteiger partial charge in [0.2, 0.25) is 0 Å². The Balaban J connectivity index is 0. The van der Waals surface area contributed by atoms with E-state index in [1.54, 1.807) is 24.9 Å². The molecule has 0 radical (unpaired) electrons. The first kappa shape index (κ1) is 16.3. The van der Waals surface area contributed by atoms with E-state index in [-0.39, 0.29) is 0 Å². The maximum absolute atomic E-state index is 10.4. The molecule has 1 aromatic rings. The summed E-state index contributed by atoms with van der Waals surface area (Å²) in [6.07, 6.45) is 2.44. The van der Waals surface area contributed by atoms with Gasteiger partial charge < -0.3 is 4.74 Å². The summed E-state index contributed by atoms with van der Waals surface area (Å²) >= 11 is 0. The minimum Gasteiger partial charge on any atom is -0.362 e. The van der Waals surface area contributed by atoms with E-state index in [1.807, 2.05) is 27.7 Å². The van der Waals surface area contributed by atoms with Gasteiger partial charge in [0.1, 0.15) is 6.73 Å². The number of aryl methyl sites for hydroxylation is 1. The van der Waals surface area contributed by atoms with Crippen molar-refractivity contribution in [3.8, 4) is 0 Å². The van der Waals surface area contributed by atoms with Gasteiger partial charge in [0.05, 0.1) is 11.3 Å². The van der Waals surface area contributed by atoms with E-state index in [0.29, 0.717) is 12.3 Å².